The van der Waals surface area contributed by atoms with Crippen LogP contribution in [0.5, 0.6) is 0 Å². The number of nitrogens with zero attached hydrogens (tertiary/aromatic N) is 1. The first-order valence-electron chi connectivity index (χ1n) is 7.36. The number of hydrogen-bond donors (Lipinski definition) is 3. The van der Waals surface area contributed by atoms with Crippen molar-refractivity contribution in [1.82, 2.24) is 5.32 Å². The van der Waals surface area contributed by atoms with E-state index in [4.69, 9.17) is 10.9 Å². The molecule has 1 aromatic carbocycles. The van der Waals surface area contributed by atoms with E-state index in [0.717, 1.165) is 24.9 Å². The first kappa shape index (κ1) is 17.0. The van der Waals surface area contributed by atoms with Crippen molar-refractivity contribution in [3.8, 4) is 0 Å². The van der Waals surface area contributed by atoms with Crippen LogP contribution in [0.2, 0.25) is 0 Å². The molecule has 0 bridgehead atoms. The van der Waals surface area contributed by atoms with Gasteiger partial charge in [-0.3, -0.25) is 4.79 Å². The fourth-order valence-electron chi connectivity index (χ4n) is 2.00. The maximum absolute atomic E-state index is 11.8. The zero-order chi connectivity index (χ0) is 15.7. The SMILES string of the molecule is CC(C)CCCCNC(=O)Cc1ccc(/C(N)=N/O)cc1. The topological polar surface area (TPSA) is 87.7 Å². The molecule has 0 saturated carbocycles. The number of amides is 1. The average molecular weight is 291 g/mol. The van der Waals surface area contributed by atoms with Crippen molar-refractivity contribution < 1.29 is 10.0 Å². The summed E-state index contributed by atoms with van der Waals surface area (Å²) in [6.07, 6.45) is 3.71. The minimum absolute atomic E-state index is 0.0242. The number of unbranched alkanes of at least 4 members (excludes halogenated alkanes) is 1. The summed E-state index contributed by atoms with van der Waals surface area (Å²) in [5.74, 6) is 0.807. The molecule has 0 atom stereocenters. The van der Waals surface area contributed by atoms with Crippen LogP contribution >= 0.6 is 0 Å². The number of hydrogen-bond acceptors (Lipinski definition) is 3. The van der Waals surface area contributed by atoms with Crippen molar-refractivity contribution in [2.24, 2.45) is 16.8 Å². The molecule has 0 spiro atoms. The molecule has 0 unspecified atom stereocenters. The van der Waals surface area contributed by atoms with E-state index in [0.29, 0.717) is 17.9 Å². The molecule has 0 heterocycles. The minimum Gasteiger partial charge on any atom is -0.409 e. The highest BCUT2D eigenvalue weighted by Gasteiger charge is 2.04. The Labute approximate surface area is 126 Å². The van der Waals surface area contributed by atoms with Gasteiger partial charge in [0.25, 0.3) is 0 Å². The first-order chi connectivity index (χ1) is 10.0. The summed E-state index contributed by atoms with van der Waals surface area (Å²) in [5.41, 5.74) is 7.02. The summed E-state index contributed by atoms with van der Waals surface area (Å²) in [6, 6.07) is 7.10. The van der Waals surface area contributed by atoms with Crippen LogP contribution in [0.15, 0.2) is 29.4 Å². The number of carbonyl (C=O) groups is 1. The van der Waals surface area contributed by atoms with Gasteiger partial charge in [0.2, 0.25) is 5.91 Å². The fourth-order valence-corrected chi connectivity index (χ4v) is 2.00. The van der Waals surface area contributed by atoms with Crippen LogP contribution in [-0.2, 0) is 11.2 Å². The fraction of sp³-hybridized carbons (Fsp3) is 0.500. The molecule has 0 aliphatic rings. The third-order valence-corrected chi connectivity index (χ3v) is 3.25. The maximum atomic E-state index is 11.8. The number of benzene rings is 1. The van der Waals surface area contributed by atoms with E-state index >= 15 is 0 Å². The summed E-state index contributed by atoms with van der Waals surface area (Å²) in [7, 11) is 0. The van der Waals surface area contributed by atoms with E-state index in [1.807, 2.05) is 12.1 Å². The van der Waals surface area contributed by atoms with E-state index in [1.165, 1.54) is 6.42 Å². The molecule has 0 aliphatic carbocycles. The van der Waals surface area contributed by atoms with E-state index < -0.39 is 0 Å². The largest absolute Gasteiger partial charge is 0.409 e. The summed E-state index contributed by atoms with van der Waals surface area (Å²) in [6.45, 7) is 5.14. The van der Waals surface area contributed by atoms with Gasteiger partial charge in [-0.25, -0.2) is 0 Å². The number of nitrogens with two attached hydrogens (primary N) is 1. The highest BCUT2D eigenvalue weighted by atomic mass is 16.4. The van der Waals surface area contributed by atoms with Crippen LogP contribution in [0.4, 0.5) is 0 Å². The summed E-state index contributed by atoms with van der Waals surface area (Å²) >= 11 is 0. The van der Waals surface area contributed by atoms with Gasteiger partial charge in [-0.1, -0.05) is 56.1 Å². The molecule has 0 fully saturated rings. The number of amidine groups is 1. The Bertz CT molecular complexity index is 467. The molecule has 5 heteroatoms. The molecule has 1 amide bonds. The van der Waals surface area contributed by atoms with Crippen LogP contribution < -0.4 is 11.1 Å². The lowest BCUT2D eigenvalue weighted by Gasteiger charge is -2.07. The molecule has 0 radical (unpaired) electrons. The Morgan fingerprint density at radius 1 is 1.29 bits per heavy atom. The number of nitrogens with one attached hydrogen (secondary N) is 1. The predicted octanol–water partition coefficient (Wildman–Crippen LogP) is 2.27. The third kappa shape index (κ3) is 6.79. The zero-order valence-corrected chi connectivity index (χ0v) is 12.8. The second kappa shape index (κ2) is 9.00. The molecule has 116 valence electrons. The lowest BCUT2D eigenvalue weighted by molar-refractivity contribution is -0.120. The molecule has 0 aromatic heterocycles. The van der Waals surface area contributed by atoms with E-state index in [1.54, 1.807) is 12.1 Å². The van der Waals surface area contributed by atoms with Gasteiger partial charge in [-0.2, -0.15) is 0 Å². The van der Waals surface area contributed by atoms with Crippen LogP contribution in [0.1, 0.15) is 44.2 Å². The Hall–Kier alpha value is -2.04. The lowest BCUT2D eigenvalue weighted by atomic mass is 10.1. The molecule has 4 N–H and O–H groups in total. The average Bonchev–Trinajstić information content (AvgIpc) is 2.46. The summed E-state index contributed by atoms with van der Waals surface area (Å²) < 4.78 is 0. The second-order valence-electron chi connectivity index (χ2n) is 5.60. The molecule has 5 nitrogen and oxygen atoms in total. The summed E-state index contributed by atoms with van der Waals surface area (Å²) in [5, 5.41) is 14.4. The van der Waals surface area contributed by atoms with Gasteiger partial charge in [-0.05, 0) is 17.9 Å². The van der Waals surface area contributed by atoms with Crippen LogP contribution in [0.3, 0.4) is 0 Å². The first-order valence-corrected chi connectivity index (χ1v) is 7.36. The standard InChI is InChI=1S/C16H25N3O2/c1-12(2)5-3-4-10-18-15(20)11-13-6-8-14(9-7-13)16(17)19-21/h6-9,12,21H,3-5,10-11H2,1-2H3,(H2,17,19)(H,18,20). The van der Waals surface area contributed by atoms with Crippen molar-refractivity contribution in [3.05, 3.63) is 35.4 Å². The van der Waals surface area contributed by atoms with Gasteiger partial charge < -0.3 is 16.3 Å². The monoisotopic (exact) mass is 291 g/mol. The molecule has 0 aliphatic heterocycles. The molecular formula is C16H25N3O2. The van der Waals surface area contributed by atoms with Gasteiger partial charge in [0, 0.05) is 12.1 Å². The van der Waals surface area contributed by atoms with Crippen molar-refractivity contribution in [2.75, 3.05) is 6.54 Å². The second-order valence-corrected chi connectivity index (χ2v) is 5.60. The van der Waals surface area contributed by atoms with Gasteiger partial charge in [0.05, 0.1) is 6.42 Å². The van der Waals surface area contributed by atoms with Gasteiger partial charge in [-0.15, -0.1) is 0 Å². The van der Waals surface area contributed by atoms with Gasteiger partial charge >= 0.3 is 0 Å². The predicted molar refractivity (Wildman–Crippen MR) is 84.4 cm³/mol. The maximum Gasteiger partial charge on any atom is 0.224 e. The smallest absolute Gasteiger partial charge is 0.224 e. The molecule has 1 aromatic rings. The van der Waals surface area contributed by atoms with Crippen LogP contribution in [-0.4, -0.2) is 23.5 Å². The van der Waals surface area contributed by atoms with Crippen LogP contribution in [0, 0.1) is 5.92 Å². The quantitative estimate of drug-likeness (QED) is 0.226. The number of carbonyl (C=O) groups excluding carboxylic acids is 1. The van der Waals surface area contributed by atoms with E-state index in [-0.39, 0.29) is 11.7 Å². The lowest BCUT2D eigenvalue weighted by Crippen LogP contribution is -2.26. The van der Waals surface area contributed by atoms with E-state index in [9.17, 15) is 4.79 Å². The van der Waals surface area contributed by atoms with Crippen LogP contribution in [0.25, 0.3) is 0 Å². The van der Waals surface area contributed by atoms with Crippen molar-refractivity contribution >= 4 is 11.7 Å². The zero-order valence-electron chi connectivity index (χ0n) is 12.8. The van der Waals surface area contributed by atoms with Gasteiger partial charge in [0.15, 0.2) is 5.84 Å². The van der Waals surface area contributed by atoms with Crippen molar-refractivity contribution in [1.29, 1.82) is 0 Å². The van der Waals surface area contributed by atoms with Crippen molar-refractivity contribution in [3.63, 3.8) is 0 Å². The molecule has 0 saturated heterocycles. The number of rotatable bonds is 8. The Kier molecular flexibility index (Phi) is 7.29. The summed E-state index contributed by atoms with van der Waals surface area (Å²) in [4.78, 5) is 11.8. The molecule has 1 rings (SSSR count). The molecular weight excluding hydrogens is 266 g/mol. The van der Waals surface area contributed by atoms with Crippen molar-refractivity contribution in [2.45, 2.75) is 39.5 Å². The number of oxime groups is 1. The highest BCUT2D eigenvalue weighted by molar-refractivity contribution is 5.97. The Balaban J connectivity index is 2.31. The highest BCUT2D eigenvalue weighted by Crippen LogP contribution is 2.06. The normalized spacial score (nSPS) is 11.7. The molecule has 21 heavy (non-hydrogen) atoms. The Morgan fingerprint density at radius 2 is 1.95 bits per heavy atom. The third-order valence-electron chi connectivity index (χ3n) is 3.25. The Morgan fingerprint density at radius 3 is 2.52 bits per heavy atom. The van der Waals surface area contributed by atoms with E-state index in [2.05, 4.69) is 24.3 Å². The minimum atomic E-state index is 0.0242. The van der Waals surface area contributed by atoms with Gasteiger partial charge in [0.1, 0.15) is 0 Å².